The molecule has 2 aliphatic rings. The largest absolute Gasteiger partial charge is 0.493 e. The van der Waals surface area contributed by atoms with Gasteiger partial charge in [0, 0.05) is 28.9 Å². The fourth-order valence-electron chi connectivity index (χ4n) is 5.28. The number of aromatic nitrogens is 2. The molecule has 2 heterocycles. The zero-order valence-electron chi connectivity index (χ0n) is 24.1. The minimum Gasteiger partial charge on any atom is -0.493 e. The number of hydrogen-bond donors (Lipinski definition) is 2. The number of allylic oxidation sites excluding steroid dienone is 3. The first-order chi connectivity index (χ1) is 20.8. The van der Waals surface area contributed by atoms with Crippen LogP contribution in [0.4, 0.5) is 10.8 Å². The van der Waals surface area contributed by atoms with Crippen molar-refractivity contribution < 1.29 is 23.8 Å². The van der Waals surface area contributed by atoms with Gasteiger partial charge in [0.15, 0.2) is 21.6 Å². The number of ketones is 1. The van der Waals surface area contributed by atoms with E-state index in [1.165, 1.54) is 44.4 Å². The highest BCUT2D eigenvalue weighted by molar-refractivity contribution is 8.01. The quantitative estimate of drug-likeness (QED) is 0.315. The molecule has 11 nitrogen and oxygen atoms in total. The topological polar surface area (TPSA) is 153 Å². The highest BCUT2D eigenvalue weighted by Crippen LogP contribution is 2.52. The molecule has 0 bridgehead atoms. The smallest absolute Gasteiger partial charge is 0.234 e. The number of benzene rings is 2. The third-order valence-corrected chi connectivity index (χ3v) is 9.25. The molecular weight excluding hydrogens is 589 g/mol. The number of nitriles is 1. The van der Waals surface area contributed by atoms with Crippen LogP contribution >= 0.6 is 23.1 Å². The van der Waals surface area contributed by atoms with E-state index < -0.39 is 5.92 Å². The molecule has 43 heavy (non-hydrogen) atoms. The average molecular weight is 619 g/mol. The summed E-state index contributed by atoms with van der Waals surface area (Å²) in [4.78, 5) is 27.7. The van der Waals surface area contributed by atoms with Crippen LogP contribution in [0, 0.1) is 18.3 Å². The number of methoxy groups -OCH3 is 3. The zero-order chi connectivity index (χ0) is 30.7. The van der Waals surface area contributed by atoms with Crippen LogP contribution in [0.15, 0.2) is 63.4 Å². The van der Waals surface area contributed by atoms with Crippen molar-refractivity contribution in [1.29, 1.82) is 5.26 Å². The van der Waals surface area contributed by atoms with Gasteiger partial charge in [0.25, 0.3) is 0 Å². The number of thioether (sulfide) groups is 1. The van der Waals surface area contributed by atoms with E-state index in [9.17, 15) is 14.9 Å². The Labute approximate surface area is 257 Å². The van der Waals surface area contributed by atoms with Crippen LogP contribution in [0.2, 0.25) is 0 Å². The van der Waals surface area contributed by atoms with E-state index in [1.807, 2.05) is 31.2 Å². The molecule has 2 aromatic carbocycles. The van der Waals surface area contributed by atoms with Gasteiger partial charge in [-0.25, -0.2) is 0 Å². The van der Waals surface area contributed by atoms with Crippen molar-refractivity contribution >= 4 is 45.6 Å². The van der Waals surface area contributed by atoms with E-state index in [4.69, 9.17) is 19.9 Å². The minimum absolute atomic E-state index is 0.0831. The zero-order valence-corrected chi connectivity index (χ0v) is 25.7. The second-order valence-electron chi connectivity index (χ2n) is 9.79. The Morgan fingerprint density at radius 2 is 1.86 bits per heavy atom. The summed E-state index contributed by atoms with van der Waals surface area (Å²) in [5.41, 5.74) is 10.4. The van der Waals surface area contributed by atoms with Crippen LogP contribution in [0.3, 0.4) is 0 Å². The van der Waals surface area contributed by atoms with Crippen molar-refractivity contribution in [3.8, 4) is 23.3 Å². The van der Waals surface area contributed by atoms with E-state index in [-0.39, 0.29) is 28.8 Å². The first-order valence-electron chi connectivity index (χ1n) is 13.4. The first-order valence-corrected chi connectivity index (χ1v) is 15.2. The molecule has 0 fully saturated rings. The predicted molar refractivity (Wildman–Crippen MR) is 164 cm³/mol. The SMILES string of the molecule is COc1ccc(C2C(C#N)=C(N)N(c3nnc(SCC(=O)Nc4ccc(C)cc4)s3)C3=C2C(=O)CCC3)c(OC)c1OC. The lowest BCUT2D eigenvalue weighted by atomic mass is 9.75. The molecule has 3 aromatic rings. The average Bonchev–Trinajstić information content (AvgIpc) is 3.48. The molecule has 1 aromatic heterocycles. The minimum atomic E-state index is -0.772. The van der Waals surface area contributed by atoms with Crippen LogP contribution in [-0.2, 0) is 9.59 Å². The molecule has 5 rings (SSSR count). The summed E-state index contributed by atoms with van der Waals surface area (Å²) in [5.74, 6) is 0.406. The third kappa shape index (κ3) is 5.76. The Bertz CT molecular complexity index is 1670. The Balaban J connectivity index is 1.48. The molecule has 0 radical (unpaired) electrons. The lowest BCUT2D eigenvalue weighted by Crippen LogP contribution is -2.38. The molecule has 0 spiro atoms. The van der Waals surface area contributed by atoms with Gasteiger partial charge in [-0.3, -0.25) is 14.5 Å². The van der Waals surface area contributed by atoms with Gasteiger partial charge < -0.3 is 25.3 Å². The summed E-state index contributed by atoms with van der Waals surface area (Å²) < 4.78 is 17.3. The van der Waals surface area contributed by atoms with Crippen molar-refractivity contribution in [2.75, 3.05) is 37.3 Å². The Morgan fingerprint density at radius 1 is 1.12 bits per heavy atom. The summed E-state index contributed by atoms with van der Waals surface area (Å²) in [5, 5.41) is 22.3. The van der Waals surface area contributed by atoms with Crippen LogP contribution in [0.25, 0.3) is 0 Å². The van der Waals surface area contributed by atoms with E-state index in [2.05, 4.69) is 21.6 Å². The van der Waals surface area contributed by atoms with Gasteiger partial charge >= 0.3 is 0 Å². The molecule has 1 amide bonds. The number of Topliss-reactive ketones (excluding diaryl/α,β-unsaturated/α-hetero) is 1. The second-order valence-corrected chi connectivity index (χ2v) is 12.0. The molecular formula is C30H30N6O5S2. The number of carbonyl (C=O) groups excluding carboxylic acids is 2. The third-order valence-electron chi connectivity index (χ3n) is 7.21. The van der Waals surface area contributed by atoms with Gasteiger partial charge in [-0.05, 0) is 38.0 Å². The van der Waals surface area contributed by atoms with Crippen LogP contribution in [0.5, 0.6) is 17.2 Å². The Hall–Kier alpha value is -4.54. The standard InChI is InChI=1S/C30H30N6O5S2/c1-16-8-10-17(11-9-16)33-23(38)15-42-30-35-34-29(43-30)36-20-6-5-7-21(37)25(20)24(19(14-31)28(36)32)18-12-13-22(39-2)27(41-4)26(18)40-3/h8-13,24H,5-7,15,32H2,1-4H3,(H,33,38). The fraction of sp³-hybridized carbons (Fsp3) is 0.300. The molecule has 1 atom stereocenters. The summed E-state index contributed by atoms with van der Waals surface area (Å²) in [6.45, 7) is 1.98. The molecule has 1 unspecified atom stereocenters. The summed E-state index contributed by atoms with van der Waals surface area (Å²) in [7, 11) is 4.51. The molecule has 0 saturated carbocycles. The van der Waals surface area contributed by atoms with Crippen molar-refractivity contribution in [3.63, 3.8) is 0 Å². The summed E-state index contributed by atoms with van der Waals surface area (Å²) in [6, 6.07) is 13.3. The Morgan fingerprint density at radius 3 is 2.53 bits per heavy atom. The number of rotatable bonds is 9. The van der Waals surface area contributed by atoms with E-state index in [0.717, 1.165) is 5.56 Å². The highest BCUT2D eigenvalue weighted by atomic mass is 32.2. The lowest BCUT2D eigenvalue weighted by Gasteiger charge is -2.38. The van der Waals surface area contributed by atoms with E-state index in [1.54, 1.807) is 17.0 Å². The van der Waals surface area contributed by atoms with E-state index in [0.29, 0.717) is 68.5 Å². The molecule has 1 aliphatic carbocycles. The highest BCUT2D eigenvalue weighted by Gasteiger charge is 2.43. The molecule has 1 aliphatic heterocycles. The van der Waals surface area contributed by atoms with Crippen molar-refractivity contribution in [2.24, 2.45) is 5.73 Å². The number of aryl methyl sites for hydroxylation is 1. The number of amides is 1. The normalized spacial score (nSPS) is 16.5. The number of ether oxygens (including phenoxy) is 3. The molecule has 13 heteroatoms. The maximum absolute atomic E-state index is 13.6. The number of nitrogens with zero attached hydrogens (tertiary/aromatic N) is 4. The number of anilines is 2. The number of nitrogens with two attached hydrogens (primary N) is 1. The van der Waals surface area contributed by atoms with Crippen molar-refractivity contribution in [1.82, 2.24) is 10.2 Å². The van der Waals surface area contributed by atoms with Gasteiger partial charge in [-0.1, -0.05) is 46.9 Å². The van der Waals surface area contributed by atoms with E-state index >= 15 is 0 Å². The summed E-state index contributed by atoms with van der Waals surface area (Å²) in [6.07, 6.45) is 1.51. The van der Waals surface area contributed by atoms with Gasteiger partial charge in [0.1, 0.15) is 5.82 Å². The second kappa shape index (κ2) is 12.8. The number of hydrogen-bond acceptors (Lipinski definition) is 12. The number of carbonyl (C=O) groups is 2. The summed E-state index contributed by atoms with van der Waals surface area (Å²) >= 11 is 2.48. The van der Waals surface area contributed by atoms with Gasteiger partial charge in [0.05, 0.1) is 44.6 Å². The molecule has 3 N–H and O–H groups in total. The maximum atomic E-state index is 13.6. The van der Waals surface area contributed by atoms with Crippen molar-refractivity contribution in [3.05, 3.63) is 70.2 Å². The maximum Gasteiger partial charge on any atom is 0.234 e. The predicted octanol–water partition coefficient (Wildman–Crippen LogP) is 4.91. The number of nitrogens with one attached hydrogen (secondary N) is 1. The van der Waals surface area contributed by atoms with Crippen LogP contribution in [0.1, 0.15) is 36.3 Å². The molecule has 222 valence electrons. The molecule has 0 saturated heterocycles. The Kier molecular flexibility index (Phi) is 8.89. The van der Waals surface area contributed by atoms with Crippen molar-refractivity contribution in [2.45, 2.75) is 36.4 Å². The lowest BCUT2D eigenvalue weighted by molar-refractivity contribution is -0.116. The van der Waals surface area contributed by atoms with Gasteiger partial charge in [-0.2, -0.15) is 5.26 Å². The fourth-order valence-corrected chi connectivity index (χ4v) is 6.96. The monoisotopic (exact) mass is 618 g/mol. The van der Waals surface area contributed by atoms with Gasteiger partial charge in [0.2, 0.25) is 16.8 Å². The van der Waals surface area contributed by atoms with Crippen LogP contribution in [-0.4, -0.2) is 49.0 Å². The van der Waals surface area contributed by atoms with Crippen LogP contribution < -0.4 is 30.2 Å². The van der Waals surface area contributed by atoms with Gasteiger partial charge in [-0.15, -0.1) is 10.2 Å². The first kappa shape index (κ1) is 29.9.